The van der Waals surface area contributed by atoms with Gasteiger partial charge >= 0.3 is 0 Å². The van der Waals surface area contributed by atoms with Crippen LogP contribution < -0.4 is 0 Å². The number of nitrogens with zero attached hydrogens (tertiary/aromatic N) is 1. The van der Waals surface area contributed by atoms with E-state index in [0.29, 0.717) is 0 Å². The first-order chi connectivity index (χ1) is 8.34. The van der Waals surface area contributed by atoms with Gasteiger partial charge < -0.3 is 0 Å². The number of aromatic nitrogens is 1. The maximum Gasteiger partial charge on any atom is 0.0904 e. The van der Waals surface area contributed by atoms with E-state index in [-0.39, 0.29) is 0 Å². The molecule has 0 N–H and O–H groups in total. The first kappa shape index (κ1) is 12.7. The molecule has 1 aromatic heterocycles. The fourth-order valence-corrected chi connectivity index (χ4v) is 3.99. The Bertz CT molecular complexity index is 503. The van der Waals surface area contributed by atoms with E-state index < -0.39 is 0 Å². The molecule has 2 heterocycles. The lowest BCUT2D eigenvalue weighted by Gasteiger charge is -2.02. The van der Waals surface area contributed by atoms with E-state index in [4.69, 9.17) is 0 Å². The van der Waals surface area contributed by atoms with Gasteiger partial charge in [-0.3, -0.25) is 0 Å². The maximum atomic E-state index is 4.66. The topological polar surface area (TPSA) is 12.9 Å². The van der Waals surface area contributed by atoms with Gasteiger partial charge in [0.1, 0.15) is 0 Å². The van der Waals surface area contributed by atoms with Crippen molar-refractivity contribution in [2.24, 2.45) is 0 Å². The van der Waals surface area contributed by atoms with Gasteiger partial charge in [0.2, 0.25) is 0 Å². The van der Waals surface area contributed by atoms with Crippen LogP contribution >= 0.6 is 23.1 Å². The van der Waals surface area contributed by atoms with E-state index >= 15 is 0 Å². The number of thioether (sulfide) groups is 1. The SMILES string of the molecule is CC.Cc1nc2c(s1)CCSc1ccccc1-2. The third-order valence-electron chi connectivity index (χ3n) is 2.53. The zero-order valence-electron chi connectivity index (χ0n) is 10.5. The summed E-state index contributed by atoms with van der Waals surface area (Å²) in [5.41, 5.74) is 2.54. The van der Waals surface area contributed by atoms with Crippen molar-refractivity contribution < 1.29 is 0 Å². The molecule has 3 heteroatoms. The highest BCUT2D eigenvalue weighted by molar-refractivity contribution is 7.99. The highest BCUT2D eigenvalue weighted by Gasteiger charge is 2.17. The molecule has 17 heavy (non-hydrogen) atoms. The molecule has 3 rings (SSSR count). The predicted molar refractivity (Wildman–Crippen MR) is 78.1 cm³/mol. The van der Waals surface area contributed by atoms with Gasteiger partial charge in [-0.25, -0.2) is 4.98 Å². The number of aryl methyl sites for hydroxylation is 2. The number of hydrogen-bond donors (Lipinski definition) is 0. The second-order valence-electron chi connectivity index (χ2n) is 3.60. The largest absolute Gasteiger partial charge is 0.241 e. The summed E-state index contributed by atoms with van der Waals surface area (Å²) < 4.78 is 0. The van der Waals surface area contributed by atoms with Crippen LogP contribution in [0.15, 0.2) is 29.2 Å². The average molecular weight is 263 g/mol. The zero-order chi connectivity index (χ0) is 12.3. The minimum atomic E-state index is 1.15. The smallest absolute Gasteiger partial charge is 0.0904 e. The highest BCUT2D eigenvalue weighted by atomic mass is 32.2. The zero-order valence-corrected chi connectivity index (χ0v) is 12.1. The molecule has 0 saturated heterocycles. The molecular weight excluding hydrogens is 246 g/mol. The van der Waals surface area contributed by atoms with Gasteiger partial charge in [-0.1, -0.05) is 32.0 Å². The molecule has 1 aliphatic heterocycles. The van der Waals surface area contributed by atoms with Crippen molar-refractivity contribution in [1.82, 2.24) is 4.98 Å². The van der Waals surface area contributed by atoms with E-state index in [1.54, 1.807) is 0 Å². The second-order valence-corrected chi connectivity index (χ2v) is 6.02. The lowest BCUT2D eigenvalue weighted by atomic mass is 10.1. The third kappa shape index (κ3) is 2.55. The number of rotatable bonds is 0. The number of hydrogen-bond acceptors (Lipinski definition) is 3. The number of thiazole rings is 1. The van der Waals surface area contributed by atoms with Crippen LogP contribution in [0.4, 0.5) is 0 Å². The van der Waals surface area contributed by atoms with Crippen LogP contribution in [0, 0.1) is 6.92 Å². The van der Waals surface area contributed by atoms with Crippen LogP contribution in [-0.4, -0.2) is 10.7 Å². The van der Waals surface area contributed by atoms with Gasteiger partial charge in [-0.15, -0.1) is 23.1 Å². The Morgan fingerprint density at radius 1 is 1.18 bits per heavy atom. The predicted octanol–water partition coefficient (Wildman–Crippen LogP) is 4.79. The highest BCUT2D eigenvalue weighted by Crippen LogP contribution is 2.38. The number of fused-ring (bicyclic) bond motifs is 3. The van der Waals surface area contributed by atoms with E-state index in [2.05, 4.69) is 36.2 Å². The van der Waals surface area contributed by atoms with Gasteiger partial charge in [-0.2, -0.15) is 0 Å². The fourth-order valence-electron chi connectivity index (χ4n) is 1.89. The first-order valence-electron chi connectivity index (χ1n) is 6.03. The lowest BCUT2D eigenvalue weighted by Crippen LogP contribution is -1.83. The average Bonchev–Trinajstić information content (AvgIpc) is 2.65. The molecule has 90 valence electrons. The minimum Gasteiger partial charge on any atom is -0.241 e. The van der Waals surface area contributed by atoms with Crippen LogP contribution in [-0.2, 0) is 6.42 Å². The van der Waals surface area contributed by atoms with Gasteiger partial charge in [0.05, 0.1) is 10.7 Å². The summed E-state index contributed by atoms with van der Waals surface area (Å²) in [6.45, 7) is 6.09. The molecule has 2 aromatic rings. The summed E-state index contributed by atoms with van der Waals surface area (Å²) in [6.07, 6.45) is 1.15. The molecule has 0 unspecified atom stereocenters. The van der Waals surface area contributed by atoms with Crippen molar-refractivity contribution >= 4 is 23.1 Å². The molecule has 1 aromatic carbocycles. The van der Waals surface area contributed by atoms with Crippen LogP contribution in [0.25, 0.3) is 11.3 Å². The quantitative estimate of drug-likeness (QED) is 0.677. The normalized spacial score (nSPS) is 12.9. The molecule has 0 aliphatic carbocycles. The lowest BCUT2D eigenvalue weighted by molar-refractivity contribution is 1.19. The van der Waals surface area contributed by atoms with Crippen LogP contribution in [0.1, 0.15) is 23.7 Å². The van der Waals surface area contributed by atoms with Crippen molar-refractivity contribution in [3.05, 3.63) is 34.2 Å². The van der Waals surface area contributed by atoms with Crippen LogP contribution in [0.3, 0.4) is 0 Å². The second kappa shape index (κ2) is 5.69. The molecule has 1 nitrogen and oxygen atoms in total. The first-order valence-corrected chi connectivity index (χ1v) is 7.83. The molecule has 0 fully saturated rings. The summed E-state index contributed by atoms with van der Waals surface area (Å²) in [6, 6.07) is 8.59. The van der Waals surface area contributed by atoms with Gasteiger partial charge in [0.15, 0.2) is 0 Å². The Balaban J connectivity index is 0.000000514. The number of benzene rings is 1. The molecule has 0 saturated carbocycles. The van der Waals surface area contributed by atoms with Crippen molar-refractivity contribution in [2.75, 3.05) is 5.75 Å². The molecule has 0 amide bonds. The van der Waals surface area contributed by atoms with Gasteiger partial charge in [-0.05, 0) is 19.4 Å². The standard InChI is InChI=1S/C12H11NS2.C2H6/c1-8-13-12-9-4-2-3-5-10(9)14-7-6-11(12)15-8;1-2/h2-5H,6-7H2,1H3;1-2H3. The van der Waals surface area contributed by atoms with E-state index in [9.17, 15) is 0 Å². The summed E-state index contributed by atoms with van der Waals surface area (Å²) in [7, 11) is 0. The fraction of sp³-hybridized carbons (Fsp3) is 0.357. The summed E-state index contributed by atoms with van der Waals surface area (Å²) in [5, 5.41) is 1.18. The van der Waals surface area contributed by atoms with Crippen LogP contribution in [0.2, 0.25) is 0 Å². The Hall–Kier alpha value is -0.800. The summed E-state index contributed by atoms with van der Waals surface area (Å²) in [4.78, 5) is 7.48. The van der Waals surface area contributed by atoms with Crippen molar-refractivity contribution in [3.8, 4) is 11.3 Å². The summed E-state index contributed by atoms with van der Waals surface area (Å²) in [5.74, 6) is 1.17. The van der Waals surface area contributed by atoms with Gasteiger partial charge in [0, 0.05) is 21.1 Å². The van der Waals surface area contributed by atoms with Crippen LogP contribution in [0.5, 0.6) is 0 Å². The Labute approximate surface area is 111 Å². The maximum absolute atomic E-state index is 4.66. The monoisotopic (exact) mass is 263 g/mol. The van der Waals surface area contributed by atoms with E-state index in [1.165, 1.54) is 31.8 Å². The molecule has 0 atom stereocenters. The van der Waals surface area contributed by atoms with E-state index in [1.807, 2.05) is 36.9 Å². The van der Waals surface area contributed by atoms with Crippen molar-refractivity contribution in [2.45, 2.75) is 32.1 Å². The Morgan fingerprint density at radius 2 is 1.94 bits per heavy atom. The molecular formula is C14H17NS2. The van der Waals surface area contributed by atoms with E-state index in [0.717, 1.165) is 6.42 Å². The summed E-state index contributed by atoms with van der Waals surface area (Å²) >= 11 is 3.79. The Morgan fingerprint density at radius 3 is 2.76 bits per heavy atom. The molecule has 1 aliphatic rings. The molecule has 0 radical (unpaired) electrons. The minimum absolute atomic E-state index is 1.15. The Kier molecular flexibility index (Phi) is 4.24. The van der Waals surface area contributed by atoms with Gasteiger partial charge in [0.25, 0.3) is 0 Å². The third-order valence-corrected chi connectivity index (χ3v) is 4.64. The molecule has 0 bridgehead atoms. The van der Waals surface area contributed by atoms with Crippen molar-refractivity contribution in [1.29, 1.82) is 0 Å². The van der Waals surface area contributed by atoms with Crippen molar-refractivity contribution in [3.63, 3.8) is 0 Å². The molecule has 0 spiro atoms.